The van der Waals surface area contributed by atoms with Crippen LogP contribution in [-0.2, 0) is 0 Å². The molecule has 0 aliphatic carbocycles. The third-order valence-corrected chi connectivity index (χ3v) is 4.13. The number of halogens is 1. The van der Waals surface area contributed by atoms with Crippen molar-refractivity contribution in [2.45, 2.75) is 0 Å². The topological polar surface area (TPSA) is 67.9 Å². The van der Waals surface area contributed by atoms with E-state index in [1.165, 1.54) is 11.3 Å². The lowest BCUT2D eigenvalue weighted by Crippen LogP contribution is -2.16. The van der Waals surface area contributed by atoms with E-state index in [1.54, 1.807) is 0 Å². The smallest absolute Gasteiger partial charge is 0.243 e. The Morgan fingerprint density at radius 3 is 2.81 bits per heavy atom. The molecule has 0 atom stereocenters. The number of thiophene rings is 1. The Morgan fingerprint density at radius 2 is 2.10 bits per heavy atom. The van der Waals surface area contributed by atoms with Crippen molar-refractivity contribution >= 4 is 39.4 Å². The van der Waals surface area contributed by atoms with Crippen LogP contribution in [0.3, 0.4) is 0 Å². The van der Waals surface area contributed by atoms with Gasteiger partial charge in [-0.2, -0.15) is 0 Å². The summed E-state index contributed by atoms with van der Waals surface area (Å²) in [6.45, 7) is -0.0786. The van der Waals surface area contributed by atoms with Gasteiger partial charge in [0.1, 0.15) is 10.7 Å². The van der Waals surface area contributed by atoms with E-state index in [1.807, 2.05) is 36.4 Å². The number of hydrogen-bond acceptors (Lipinski definition) is 5. The van der Waals surface area contributed by atoms with Crippen molar-refractivity contribution in [1.82, 2.24) is 0 Å². The quantitative estimate of drug-likeness (QED) is 0.640. The Labute approximate surface area is 129 Å². The fraction of sp³-hybridized carbons (Fsp3) is 0.143. The van der Waals surface area contributed by atoms with Crippen LogP contribution in [0.2, 0.25) is 4.34 Å². The van der Waals surface area contributed by atoms with Crippen LogP contribution in [0.25, 0.3) is 0 Å². The lowest BCUT2D eigenvalue weighted by Gasteiger charge is -2.04. The summed E-state index contributed by atoms with van der Waals surface area (Å²) >= 11 is 7.38. The largest absolute Gasteiger partial charge is 0.278 e. The molecule has 0 amide bonds. The van der Waals surface area contributed by atoms with Crippen molar-refractivity contribution in [1.29, 1.82) is 0 Å². The van der Waals surface area contributed by atoms with Crippen molar-refractivity contribution < 1.29 is 4.92 Å². The highest BCUT2D eigenvalue weighted by Crippen LogP contribution is 2.37. The second-order valence-electron chi connectivity index (χ2n) is 4.47. The number of rotatable bonds is 3. The summed E-state index contributed by atoms with van der Waals surface area (Å²) in [5.74, 6) is 0. The van der Waals surface area contributed by atoms with Crippen LogP contribution in [0, 0.1) is 10.1 Å². The molecule has 0 spiro atoms. The maximum atomic E-state index is 10.7. The normalized spacial score (nSPS) is 14.0. The number of hydrogen-bond donors (Lipinski definition) is 0. The van der Waals surface area contributed by atoms with Crippen molar-refractivity contribution in [3.05, 3.63) is 62.0 Å². The Hall–Kier alpha value is -2.05. The SMILES string of the molecule is O=[N+]([O-])CC1=Nc2sc(Cl)cc2C(c2ccccc2)=NC1. The molecule has 0 radical (unpaired) electrons. The molecule has 2 aromatic rings. The van der Waals surface area contributed by atoms with E-state index in [2.05, 4.69) is 9.98 Å². The monoisotopic (exact) mass is 319 g/mol. The van der Waals surface area contributed by atoms with Crippen LogP contribution in [0.1, 0.15) is 11.1 Å². The van der Waals surface area contributed by atoms with Gasteiger partial charge in [-0.05, 0) is 6.07 Å². The minimum absolute atomic E-state index is 0.226. The summed E-state index contributed by atoms with van der Waals surface area (Å²) in [7, 11) is 0. The Bertz CT molecular complexity index is 753. The summed E-state index contributed by atoms with van der Waals surface area (Å²) in [6, 6.07) is 11.5. The summed E-state index contributed by atoms with van der Waals surface area (Å²) in [5, 5.41) is 11.4. The third kappa shape index (κ3) is 3.01. The van der Waals surface area contributed by atoms with Gasteiger partial charge in [-0.25, -0.2) is 4.99 Å². The molecule has 7 heteroatoms. The lowest BCUT2D eigenvalue weighted by atomic mass is 10.0. The average Bonchev–Trinajstić information content (AvgIpc) is 2.72. The fourth-order valence-corrected chi connectivity index (χ4v) is 3.25. The molecular formula is C14H10ClN3O2S. The molecule has 0 bridgehead atoms. The predicted molar refractivity (Wildman–Crippen MR) is 85.2 cm³/mol. The minimum atomic E-state index is -0.392. The fourth-order valence-electron chi connectivity index (χ4n) is 2.12. The summed E-state index contributed by atoms with van der Waals surface area (Å²) in [6.07, 6.45) is 0. The van der Waals surface area contributed by atoms with Crippen LogP contribution in [0.15, 0.2) is 46.4 Å². The second-order valence-corrected chi connectivity index (χ2v) is 6.13. The molecule has 0 unspecified atom stereocenters. The zero-order valence-electron chi connectivity index (χ0n) is 10.8. The standard InChI is InChI=1S/C14H10ClN3O2S/c15-12-6-11-13(9-4-2-1-3-5-9)16-7-10(8-18(19)20)17-14(11)21-12/h1-6H,7-8H2. The number of aliphatic imine (C=N–C) groups is 2. The van der Waals surface area contributed by atoms with Crippen LogP contribution >= 0.6 is 22.9 Å². The van der Waals surface area contributed by atoms with Gasteiger partial charge < -0.3 is 0 Å². The average molecular weight is 320 g/mol. The van der Waals surface area contributed by atoms with Gasteiger partial charge in [0.2, 0.25) is 6.54 Å². The van der Waals surface area contributed by atoms with E-state index in [0.29, 0.717) is 15.0 Å². The first-order chi connectivity index (χ1) is 10.1. The molecule has 1 aliphatic rings. The van der Waals surface area contributed by atoms with Crippen molar-refractivity contribution in [2.75, 3.05) is 13.1 Å². The first-order valence-electron chi connectivity index (χ1n) is 6.21. The van der Waals surface area contributed by atoms with Crippen LogP contribution in [-0.4, -0.2) is 29.4 Å². The zero-order chi connectivity index (χ0) is 14.8. The summed E-state index contributed by atoms with van der Waals surface area (Å²) in [5.41, 5.74) is 2.99. The maximum absolute atomic E-state index is 10.7. The lowest BCUT2D eigenvalue weighted by molar-refractivity contribution is -0.463. The van der Waals surface area contributed by atoms with Crippen LogP contribution in [0.5, 0.6) is 0 Å². The first kappa shape index (κ1) is 13.9. The van der Waals surface area contributed by atoms with Crippen molar-refractivity contribution in [3.63, 3.8) is 0 Å². The predicted octanol–water partition coefficient (Wildman–Crippen LogP) is 3.60. The van der Waals surface area contributed by atoms with E-state index >= 15 is 0 Å². The molecule has 0 fully saturated rings. The zero-order valence-corrected chi connectivity index (χ0v) is 12.4. The van der Waals surface area contributed by atoms with Gasteiger partial charge in [-0.3, -0.25) is 15.1 Å². The number of nitro groups is 1. The van der Waals surface area contributed by atoms with Gasteiger partial charge in [0.05, 0.1) is 16.6 Å². The van der Waals surface area contributed by atoms with Gasteiger partial charge in [0, 0.05) is 16.1 Å². The molecular weight excluding hydrogens is 310 g/mol. The third-order valence-electron chi connectivity index (χ3n) is 2.98. The van der Waals surface area contributed by atoms with Crippen molar-refractivity contribution in [2.24, 2.45) is 9.98 Å². The number of fused-ring (bicyclic) bond motifs is 1. The summed E-state index contributed by atoms with van der Waals surface area (Å²) < 4.78 is 0.592. The Morgan fingerprint density at radius 1 is 1.33 bits per heavy atom. The molecule has 1 aromatic heterocycles. The number of nitrogens with zero attached hydrogens (tertiary/aromatic N) is 3. The molecule has 3 rings (SSSR count). The van der Waals surface area contributed by atoms with E-state index < -0.39 is 4.92 Å². The highest BCUT2D eigenvalue weighted by atomic mass is 35.5. The Kier molecular flexibility index (Phi) is 3.81. The molecule has 2 heterocycles. The minimum Gasteiger partial charge on any atom is -0.278 e. The Balaban J connectivity index is 2.09. The first-order valence-corrected chi connectivity index (χ1v) is 7.41. The molecule has 1 aliphatic heterocycles. The number of benzene rings is 1. The molecule has 0 N–H and O–H groups in total. The molecule has 0 saturated heterocycles. The summed E-state index contributed by atoms with van der Waals surface area (Å²) in [4.78, 5) is 19.2. The highest BCUT2D eigenvalue weighted by Gasteiger charge is 2.20. The highest BCUT2D eigenvalue weighted by molar-refractivity contribution is 7.20. The molecule has 106 valence electrons. The van der Waals surface area contributed by atoms with Crippen molar-refractivity contribution in [3.8, 4) is 0 Å². The maximum Gasteiger partial charge on any atom is 0.243 e. The van der Waals surface area contributed by atoms with E-state index in [9.17, 15) is 10.1 Å². The van der Waals surface area contributed by atoms with E-state index in [4.69, 9.17) is 11.6 Å². The van der Waals surface area contributed by atoms with Gasteiger partial charge in [-0.1, -0.05) is 41.9 Å². The van der Waals surface area contributed by atoms with Crippen LogP contribution < -0.4 is 0 Å². The molecule has 5 nitrogen and oxygen atoms in total. The molecule has 21 heavy (non-hydrogen) atoms. The van der Waals surface area contributed by atoms with Gasteiger partial charge >= 0.3 is 0 Å². The van der Waals surface area contributed by atoms with E-state index in [0.717, 1.165) is 16.8 Å². The van der Waals surface area contributed by atoms with Crippen LogP contribution in [0.4, 0.5) is 5.00 Å². The van der Waals surface area contributed by atoms with E-state index in [-0.39, 0.29) is 13.1 Å². The second kappa shape index (κ2) is 5.75. The molecule has 1 aromatic carbocycles. The van der Waals surface area contributed by atoms with Gasteiger partial charge in [0.15, 0.2) is 0 Å². The van der Waals surface area contributed by atoms with Gasteiger partial charge in [0.25, 0.3) is 0 Å². The molecule has 0 saturated carbocycles. The van der Waals surface area contributed by atoms with Gasteiger partial charge in [-0.15, -0.1) is 11.3 Å².